The SMILES string of the molecule is Cc1c(-c2c(C(N)=O)nc3cc(F)cc(F)c3c2C(N)=O)c(C(F)(F)F)nn1Cc1ccc(C#N)cc1. The lowest BCUT2D eigenvalue weighted by Gasteiger charge is -2.16. The van der Waals surface area contributed by atoms with Gasteiger partial charge in [-0.05, 0) is 24.6 Å². The predicted octanol–water partition coefficient (Wildman–Crippen LogP) is 3.82. The van der Waals surface area contributed by atoms with Gasteiger partial charge in [0.25, 0.3) is 5.91 Å². The van der Waals surface area contributed by atoms with Crippen LogP contribution in [0.2, 0.25) is 0 Å². The quantitative estimate of drug-likeness (QED) is 0.390. The van der Waals surface area contributed by atoms with E-state index in [1.807, 2.05) is 6.07 Å². The Morgan fingerprint density at radius 1 is 1.05 bits per heavy atom. The van der Waals surface area contributed by atoms with Gasteiger partial charge in [-0.1, -0.05) is 12.1 Å². The van der Waals surface area contributed by atoms with Gasteiger partial charge >= 0.3 is 6.18 Å². The summed E-state index contributed by atoms with van der Waals surface area (Å²) < 4.78 is 72.2. The van der Waals surface area contributed by atoms with Crippen molar-refractivity contribution >= 4 is 22.7 Å². The lowest BCUT2D eigenvalue weighted by Crippen LogP contribution is -2.22. The number of nitrogens with two attached hydrogens (primary N) is 2. The molecule has 0 atom stereocenters. The molecule has 8 nitrogen and oxygen atoms in total. The molecule has 2 amide bonds. The second-order valence-corrected chi connectivity index (χ2v) is 7.99. The van der Waals surface area contributed by atoms with E-state index in [-0.39, 0.29) is 12.2 Å². The Morgan fingerprint density at radius 2 is 1.70 bits per heavy atom. The smallest absolute Gasteiger partial charge is 0.366 e. The Hall–Kier alpha value is -4.86. The first-order chi connectivity index (χ1) is 17.3. The van der Waals surface area contributed by atoms with Crippen LogP contribution in [0, 0.1) is 29.9 Å². The number of fused-ring (bicyclic) bond motifs is 1. The summed E-state index contributed by atoms with van der Waals surface area (Å²) in [4.78, 5) is 28.6. The normalized spacial score (nSPS) is 11.5. The van der Waals surface area contributed by atoms with E-state index in [4.69, 9.17) is 16.7 Å². The molecule has 0 aliphatic carbocycles. The van der Waals surface area contributed by atoms with Crippen molar-refractivity contribution < 1.29 is 31.5 Å². The third kappa shape index (κ3) is 4.44. The number of halogens is 5. The van der Waals surface area contributed by atoms with Gasteiger partial charge < -0.3 is 11.5 Å². The molecule has 0 radical (unpaired) electrons. The van der Waals surface area contributed by atoms with E-state index in [2.05, 4.69) is 10.1 Å². The van der Waals surface area contributed by atoms with Crippen LogP contribution in [0.4, 0.5) is 22.0 Å². The summed E-state index contributed by atoms with van der Waals surface area (Å²) in [5, 5.41) is 11.9. The molecule has 188 valence electrons. The molecule has 0 aliphatic rings. The molecule has 2 aromatic heterocycles. The number of rotatable bonds is 5. The van der Waals surface area contributed by atoms with Crippen LogP contribution in [0.25, 0.3) is 22.0 Å². The van der Waals surface area contributed by atoms with E-state index in [9.17, 15) is 31.5 Å². The largest absolute Gasteiger partial charge is 0.435 e. The third-order valence-corrected chi connectivity index (χ3v) is 5.62. The molecular weight excluding hydrogens is 499 g/mol. The minimum absolute atomic E-state index is 0.176. The first kappa shape index (κ1) is 25.2. The molecule has 13 heteroatoms. The highest BCUT2D eigenvalue weighted by atomic mass is 19.4. The van der Waals surface area contributed by atoms with Crippen molar-refractivity contribution in [2.24, 2.45) is 11.5 Å². The fourth-order valence-corrected chi connectivity index (χ4v) is 4.04. The van der Waals surface area contributed by atoms with Crippen molar-refractivity contribution in [1.29, 1.82) is 5.26 Å². The van der Waals surface area contributed by atoms with Gasteiger partial charge in [0.05, 0.1) is 29.3 Å². The highest BCUT2D eigenvalue weighted by molar-refractivity contribution is 6.16. The maximum absolute atomic E-state index is 14.8. The lowest BCUT2D eigenvalue weighted by molar-refractivity contribution is -0.141. The number of hydrogen-bond acceptors (Lipinski definition) is 5. The van der Waals surface area contributed by atoms with Crippen LogP contribution in [0.1, 0.15) is 43.4 Å². The Labute approximate surface area is 204 Å². The van der Waals surface area contributed by atoms with E-state index in [1.165, 1.54) is 31.2 Å². The van der Waals surface area contributed by atoms with Crippen molar-refractivity contribution in [1.82, 2.24) is 14.8 Å². The summed E-state index contributed by atoms with van der Waals surface area (Å²) in [5.74, 6) is -5.21. The van der Waals surface area contributed by atoms with Gasteiger partial charge in [0.1, 0.15) is 17.3 Å². The number of aromatic nitrogens is 3. The fraction of sp³-hybridized carbons (Fsp3) is 0.125. The van der Waals surface area contributed by atoms with Crippen LogP contribution in [0.5, 0.6) is 0 Å². The van der Waals surface area contributed by atoms with Gasteiger partial charge in [-0.25, -0.2) is 13.8 Å². The van der Waals surface area contributed by atoms with Gasteiger partial charge in [-0.2, -0.15) is 23.5 Å². The zero-order valence-electron chi connectivity index (χ0n) is 18.8. The number of alkyl halides is 3. The van der Waals surface area contributed by atoms with Crippen LogP contribution < -0.4 is 11.5 Å². The van der Waals surface area contributed by atoms with Crippen molar-refractivity contribution in [2.45, 2.75) is 19.6 Å². The Morgan fingerprint density at radius 3 is 2.24 bits per heavy atom. The monoisotopic (exact) mass is 514 g/mol. The molecule has 0 fully saturated rings. The predicted molar refractivity (Wildman–Crippen MR) is 120 cm³/mol. The molecule has 4 aromatic rings. The van der Waals surface area contributed by atoms with Crippen LogP contribution in [-0.4, -0.2) is 26.6 Å². The first-order valence-electron chi connectivity index (χ1n) is 10.4. The zero-order chi connectivity index (χ0) is 27.2. The van der Waals surface area contributed by atoms with Crippen molar-refractivity contribution in [3.63, 3.8) is 0 Å². The van der Waals surface area contributed by atoms with Crippen LogP contribution >= 0.6 is 0 Å². The van der Waals surface area contributed by atoms with E-state index in [1.54, 1.807) is 0 Å². The van der Waals surface area contributed by atoms with Crippen molar-refractivity contribution in [3.05, 3.63) is 81.8 Å². The summed E-state index contributed by atoms with van der Waals surface area (Å²) in [5.41, 5.74) is 6.20. The van der Waals surface area contributed by atoms with E-state index in [0.29, 0.717) is 23.3 Å². The number of pyridine rings is 1. The van der Waals surface area contributed by atoms with E-state index in [0.717, 1.165) is 4.68 Å². The number of carbonyl (C=O) groups excluding carboxylic acids is 2. The maximum atomic E-state index is 14.8. The summed E-state index contributed by atoms with van der Waals surface area (Å²) in [6, 6.07) is 8.96. The fourth-order valence-electron chi connectivity index (χ4n) is 4.04. The number of amides is 2. The molecule has 2 aromatic carbocycles. The number of carbonyl (C=O) groups is 2. The first-order valence-corrected chi connectivity index (χ1v) is 10.4. The molecule has 0 aliphatic heterocycles. The summed E-state index contributed by atoms with van der Waals surface area (Å²) in [6.45, 7) is 1.04. The minimum Gasteiger partial charge on any atom is -0.366 e. The van der Waals surface area contributed by atoms with Gasteiger partial charge in [0.15, 0.2) is 5.69 Å². The second kappa shape index (κ2) is 8.98. The zero-order valence-corrected chi connectivity index (χ0v) is 18.8. The lowest BCUT2D eigenvalue weighted by atomic mass is 9.91. The summed E-state index contributed by atoms with van der Waals surface area (Å²) >= 11 is 0. The van der Waals surface area contributed by atoms with Crippen molar-refractivity contribution in [3.8, 4) is 17.2 Å². The highest BCUT2D eigenvalue weighted by Crippen LogP contribution is 2.42. The number of nitriles is 1. The third-order valence-electron chi connectivity index (χ3n) is 5.62. The van der Waals surface area contributed by atoms with Gasteiger partial charge in [0.2, 0.25) is 5.91 Å². The molecule has 0 saturated carbocycles. The van der Waals surface area contributed by atoms with Crippen LogP contribution in [-0.2, 0) is 12.7 Å². The number of nitrogens with zero attached hydrogens (tertiary/aromatic N) is 4. The molecule has 4 rings (SSSR count). The molecular formula is C24H15F5N6O2. The molecule has 4 N–H and O–H groups in total. The Kier molecular flexibility index (Phi) is 6.12. The minimum atomic E-state index is -5.10. The second-order valence-electron chi connectivity index (χ2n) is 7.99. The van der Waals surface area contributed by atoms with E-state index < -0.39 is 68.6 Å². The Bertz CT molecular complexity index is 1640. The Balaban J connectivity index is 2.10. The standard InChI is InChI=1S/C24H15F5N6O2/c1-10-16(21(24(27,28)29)34-35(10)9-12-4-2-11(8-30)3-5-12)18-19(22(31)36)17-14(26)6-13(25)7-15(17)33-20(18)23(32)37/h2-7H,9H2,1H3,(H2,31,36)(H2,32,37). The molecule has 2 heterocycles. The number of benzene rings is 2. The van der Waals surface area contributed by atoms with Crippen molar-refractivity contribution in [2.75, 3.05) is 0 Å². The average molecular weight is 514 g/mol. The maximum Gasteiger partial charge on any atom is 0.435 e. The van der Waals surface area contributed by atoms with E-state index >= 15 is 0 Å². The molecule has 0 bridgehead atoms. The van der Waals surface area contributed by atoms with Crippen LogP contribution in [0.3, 0.4) is 0 Å². The molecule has 0 spiro atoms. The summed E-state index contributed by atoms with van der Waals surface area (Å²) in [6.07, 6.45) is -5.10. The molecule has 0 unspecified atom stereocenters. The number of primary amides is 2. The topological polar surface area (TPSA) is 141 Å². The highest BCUT2D eigenvalue weighted by Gasteiger charge is 2.41. The number of hydrogen-bond donors (Lipinski definition) is 2. The molecule has 0 saturated heterocycles. The average Bonchev–Trinajstić information content (AvgIpc) is 3.14. The van der Waals surface area contributed by atoms with Crippen LogP contribution in [0.15, 0.2) is 36.4 Å². The van der Waals surface area contributed by atoms with Gasteiger partial charge in [-0.15, -0.1) is 0 Å². The summed E-state index contributed by atoms with van der Waals surface area (Å²) in [7, 11) is 0. The van der Waals surface area contributed by atoms with Gasteiger partial charge in [-0.3, -0.25) is 14.3 Å². The molecule has 37 heavy (non-hydrogen) atoms. The van der Waals surface area contributed by atoms with Gasteiger partial charge in [0, 0.05) is 34.3 Å².